The average molecular weight is 426 g/mol. The molecule has 0 aliphatic heterocycles. The van der Waals surface area contributed by atoms with E-state index in [-0.39, 0.29) is 12.5 Å². The van der Waals surface area contributed by atoms with Crippen molar-refractivity contribution < 1.29 is 9.53 Å². The molecule has 158 valence electrons. The third-order valence-electron chi connectivity index (χ3n) is 4.68. The molecule has 0 saturated heterocycles. The fraction of sp³-hybridized carbons (Fsp3) is 0.318. The smallest absolute Gasteiger partial charge is 0.237 e. The number of nitrogens with zero attached hydrogens (tertiary/aromatic N) is 3. The van der Waals surface area contributed by atoms with E-state index in [9.17, 15) is 4.79 Å². The van der Waals surface area contributed by atoms with Crippen LogP contribution in [0.1, 0.15) is 35.0 Å². The van der Waals surface area contributed by atoms with Crippen molar-refractivity contribution in [3.63, 3.8) is 0 Å². The highest BCUT2D eigenvalue weighted by molar-refractivity contribution is 8.00. The predicted octanol–water partition coefficient (Wildman–Crippen LogP) is 3.92. The normalized spacial score (nSPS) is 11.9. The molecule has 0 spiro atoms. The molecule has 1 atom stereocenters. The summed E-state index contributed by atoms with van der Waals surface area (Å²) in [6.07, 6.45) is 0. The van der Waals surface area contributed by atoms with Crippen LogP contribution in [0.25, 0.3) is 0 Å². The summed E-state index contributed by atoms with van der Waals surface area (Å²) in [6.45, 7) is 9.98. The monoisotopic (exact) mass is 425 g/mol. The lowest BCUT2D eigenvalue weighted by Gasteiger charge is -2.15. The van der Waals surface area contributed by atoms with Crippen molar-refractivity contribution in [1.29, 1.82) is 0 Å². The van der Waals surface area contributed by atoms with Crippen molar-refractivity contribution in [2.75, 3.05) is 11.2 Å². The van der Waals surface area contributed by atoms with Gasteiger partial charge in [-0.25, -0.2) is 4.68 Å². The van der Waals surface area contributed by atoms with E-state index in [1.165, 1.54) is 16.4 Å². The Balaban J connectivity index is 1.63. The molecule has 2 aromatic carbocycles. The predicted molar refractivity (Wildman–Crippen MR) is 120 cm³/mol. The van der Waals surface area contributed by atoms with Gasteiger partial charge in [-0.1, -0.05) is 36.0 Å². The number of rotatable bonds is 7. The Labute approximate surface area is 181 Å². The quantitative estimate of drug-likeness (QED) is 0.440. The van der Waals surface area contributed by atoms with E-state index in [1.807, 2.05) is 65.0 Å². The number of nitrogens with one attached hydrogen (secondary N) is 1. The molecular weight excluding hydrogens is 398 g/mol. The number of hydrogen-bond acceptors (Lipinski definition) is 6. The lowest BCUT2D eigenvalue weighted by atomic mass is 10.1. The van der Waals surface area contributed by atoms with Gasteiger partial charge in [0.05, 0.1) is 5.25 Å². The number of carbonyl (C=O) groups excluding carboxylic acids is 1. The van der Waals surface area contributed by atoms with E-state index in [2.05, 4.69) is 21.6 Å². The molecule has 3 rings (SSSR count). The number of aryl methyl sites for hydroxylation is 4. The van der Waals surface area contributed by atoms with Gasteiger partial charge in [-0.2, -0.15) is 0 Å². The molecule has 30 heavy (non-hydrogen) atoms. The van der Waals surface area contributed by atoms with Crippen molar-refractivity contribution in [2.45, 2.75) is 51.6 Å². The second kappa shape index (κ2) is 9.21. The van der Waals surface area contributed by atoms with Crippen LogP contribution in [0, 0.1) is 27.7 Å². The van der Waals surface area contributed by atoms with Gasteiger partial charge in [0.2, 0.25) is 11.1 Å². The Morgan fingerprint density at radius 3 is 2.40 bits per heavy atom. The first-order valence-corrected chi connectivity index (χ1v) is 10.6. The number of nitrogens with two attached hydrogens (primary N) is 1. The van der Waals surface area contributed by atoms with Gasteiger partial charge in [0.25, 0.3) is 0 Å². The molecular formula is C22H27N5O2S. The zero-order valence-electron chi connectivity index (χ0n) is 17.9. The van der Waals surface area contributed by atoms with E-state index in [0.717, 1.165) is 33.7 Å². The number of nitrogen functional groups attached to an aromatic ring is 1. The number of benzene rings is 2. The van der Waals surface area contributed by atoms with E-state index >= 15 is 0 Å². The van der Waals surface area contributed by atoms with E-state index in [4.69, 9.17) is 10.6 Å². The van der Waals surface area contributed by atoms with Crippen LogP contribution in [-0.4, -0.2) is 26.0 Å². The van der Waals surface area contributed by atoms with Gasteiger partial charge in [0.15, 0.2) is 5.82 Å². The summed E-state index contributed by atoms with van der Waals surface area (Å²) >= 11 is 1.25. The number of thioether (sulfide) groups is 1. The number of para-hydroxylation sites is 1. The molecule has 0 fully saturated rings. The number of hydrogen-bond donors (Lipinski definition) is 2. The van der Waals surface area contributed by atoms with Crippen LogP contribution in [-0.2, 0) is 11.4 Å². The minimum atomic E-state index is -0.399. The van der Waals surface area contributed by atoms with Crippen LogP contribution in [0.3, 0.4) is 0 Å². The maximum atomic E-state index is 12.7. The standard InChI is InChI=1S/C22H27N5O2S/c1-13-9-14(2)11-18(10-13)29-12-19-25-26-22(27(19)23)30-17(5)21(28)24-20-15(3)7-6-8-16(20)4/h6-11,17H,12,23H2,1-5H3,(H,24,28)/t17-/m1/s1. The van der Waals surface area contributed by atoms with Crippen molar-refractivity contribution in [1.82, 2.24) is 14.9 Å². The van der Waals surface area contributed by atoms with Gasteiger partial charge in [-0.15, -0.1) is 10.2 Å². The summed E-state index contributed by atoms with van der Waals surface area (Å²) in [5.41, 5.74) is 5.13. The molecule has 8 heteroatoms. The molecule has 0 bridgehead atoms. The number of anilines is 1. The highest BCUT2D eigenvalue weighted by Gasteiger charge is 2.20. The van der Waals surface area contributed by atoms with Crippen LogP contribution in [0.5, 0.6) is 5.75 Å². The van der Waals surface area contributed by atoms with Crippen molar-refractivity contribution >= 4 is 23.4 Å². The summed E-state index contributed by atoms with van der Waals surface area (Å²) in [5.74, 6) is 7.26. The van der Waals surface area contributed by atoms with Crippen LogP contribution in [0.2, 0.25) is 0 Å². The first-order chi connectivity index (χ1) is 14.2. The molecule has 1 amide bonds. The first-order valence-electron chi connectivity index (χ1n) is 9.69. The second-order valence-corrected chi connectivity index (χ2v) is 8.70. The molecule has 3 N–H and O–H groups in total. The molecule has 1 heterocycles. The Kier molecular flexibility index (Phi) is 6.66. The minimum absolute atomic E-state index is 0.117. The van der Waals surface area contributed by atoms with Crippen LogP contribution in [0.15, 0.2) is 41.6 Å². The topological polar surface area (TPSA) is 95.1 Å². The Hall–Kier alpha value is -3.00. The van der Waals surface area contributed by atoms with E-state index < -0.39 is 5.25 Å². The highest BCUT2D eigenvalue weighted by Crippen LogP contribution is 2.25. The van der Waals surface area contributed by atoms with E-state index in [1.54, 1.807) is 0 Å². The average Bonchev–Trinajstić information content (AvgIpc) is 3.02. The lowest BCUT2D eigenvalue weighted by molar-refractivity contribution is -0.115. The Bertz CT molecular complexity index is 1020. The van der Waals surface area contributed by atoms with Gasteiger partial charge in [0.1, 0.15) is 12.4 Å². The zero-order chi connectivity index (χ0) is 21.8. The number of carbonyl (C=O) groups is 1. The molecule has 0 unspecified atom stereocenters. The molecule has 0 aliphatic carbocycles. The summed E-state index contributed by atoms with van der Waals surface area (Å²) in [4.78, 5) is 12.7. The van der Waals surface area contributed by atoms with Crippen molar-refractivity contribution in [3.8, 4) is 5.75 Å². The fourth-order valence-electron chi connectivity index (χ4n) is 3.10. The number of amides is 1. The largest absolute Gasteiger partial charge is 0.486 e. The molecule has 3 aromatic rings. The third kappa shape index (κ3) is 5.13. The molecule has 1 aromatic heterocycles. The van der Waals surface area contributed by atoms with Gasteiger partial charge >= 0.3 is 0 Å². The van der Waals surface area contributed by atoms with Gasteiger partial charge in [-0.3, -0.25) is 4.79 Å². The van der Waals surface area contributed by atoms with Gasteiger partial charge < -0.3 is 15.9 Å². The summed E-state index contributed by atoms with van der Waals surface area (Å²) in [7, 11) is 0. The van der Waals surface area contributed by atoms with Crippen LogP contribution >= 0.6 is 11.8 Å². The fourth-order valence-corrected chi connectivity index (χ4v) is 3.89. The van der Waals surface area contributed by atoms with Crippen LogP contribution in [0.4, 0.5) is 5.69 Å². The van der Waals surface area contributed by atoms with Crippen LogP contribution < -0.4 is 15.9 Å². The molecule has 7 nitrogen and oxygen atoms in total. The highest BCUT2D eigenvalue weighted by atomic mass is 32.2. The Morgan fingerprint density at radius 2 is 1.77 bits per heavy atom. The van der Waals surface area contributed by atoms with Crippen molar-refractivity contribution in [3.05, 3.63) is 64.5 Å². The number of ether oxygens (including phenoxy) is 1. The molecule has 0 aliphatic rings. The van der Waals surface area contributed by atoms with Crippen molar-refractivity contribution in [2.24, 2.45) is 0 Å². The number of aromatic nitrogens is 3. The Morgan fingerprint density at radius 1 is 1.13 bits per heavy atom. The molecule has 0 radical (unpaired) electrons. The summed E-state index contributed by atoms with van der Waals surface area (Å²) in [6, 6.07) is 11.9. The van der Waals surface area contributed by atoms with Gasteiger partial charge in [-0.05, 0) is 69.0 Å². The lowest BCUT2D eigenvalue weighted by Crippen LogP contribution is -2.24. The summed E-state index contributed by atoms with van der Waals surface area (Å²) < 4.78 is 7.18. The maximum absolute atomic E-state index is 12.7. The second-order valence-electron chi connectivity index (χ2n) is 7.40. The minimum Gasteiger partial charge on any atom is -0.486 e. The first kappa shape index (κ1) is 21.7. The summed E-state index contributed by atoms with van der Waals surface area (Å²) in [5, 5.41) is 11.3. The SMILES string of the molecule is Cc1cc(C)cc(OCc2nnc(S[C@H](C)C(=O)Nc3c(C)cccc3C)n2N)c1. The van der Waals surface area contributed by atoms with E-state index in [0.29, 0.717) is 11.0 Å². The molecule has 0 saturated carbocycles. The van der Waals surface area contributed by atoms with Gasteiger partial charge in [0, 0.05) is 5.69 Å². The zero-order valence-corrected chi connectivity index (χ0v) is 18.7. The third-order valence-corrected chi connectivity index (χ3v) is 5.74. The maximum Gasteiger partial charge on any atom is 0.237 e.